The Hall–Kier alpha value is -2.36. The van der Waals surface area contributed by atoms with E-state index < -0.39 is 0 Å². The minimum absolute atomic E-state index is 0.0197. The fourth-order valence-electron chi connectivity index (χ4n) is 2.29. The molecule has 0 aliphatic rings. The van der Waals surface area contributed by atoms with Crippen molar-refractivity contribution in [2.24, 2.45) is 7.05 Å². The number of rotatable bonds is 4. The molecular weight excluding hydrogens is 286 g/mol. The summed E-state index contributed by atoms with van der Waals surface area (Å²) in [5, 5.41) is 4.11. The van der Waals surface area contributed by atoms with Crippen molar-refractivity contribution >= 4 is 12.0 Å². The van der Waals surface area contributed by atoms with Gasteiger partial charge in [-0.15, -0.1) is 0 Å². The second kappa shape index (κ2) is 6.82. The Balaban J connectivity index is 1.97. The van der Waals surface area contributed by atoms with Crippen LogP contribution in [0.1, 0.15) is 37.5 Å². The summed E-state index contributed by atoms with van der Waals surface area (Å²) in [5.74, 6) is -0.0197. The van der Waals surface area contributed by atoms with E-state index in [1.807, 2.05) is 31.5 Å². The van der Waals surface area contributed by atoms with E-state index in [0.717, 1.165) is 11.1 Å². The van der Waals surface area contributed by atoms with Gasteiger partial charge < -0.3 is 4.90 Å². The van der Waals surface area contributed by atoms with Crippen LogP contribution in [0.25, 0.3) is 6.08 Å². The third kappa shape index (κ3) is 4.81. The topological polar surface area (TPSA) is 38.1 Å². The van der Waals surface area contributed by atoms with Crippen LogP contribution in [0.5, 0.6) is 0 Å². The highest BCUT2D eigenvalue weighted by Gasteiger charge is 2.12. The van der Waals surface area contributed by atoms with Crippen molar-refractivity contribution in [2.75, 3.05) is 7.05 Å². The molecule has 23 heavy (non-hydrogen) atoms. The SMILES string of the molecule is CN(Cc1cnn(C)c1)C(=O)/C=C/c1ccc(C(C)(C)C)cc1. The van der Waals surface area contributed by atoms with E-state index in [4.69, 9.17) is 0 Å². The highest BCUT2D eigenvalue weighted by Crippen LogP contribution is 2.22. The Kier molecular flexibility index (Phi) is 5.04. The van der Waals surface area contributed by atoms with Gasteiger partial charge in [-0.3, -0.25) is 9.48 Å². The molecule has 0 aliphatic heterocycles. The molecule has 0 saturated carbocycles. The number of benzene rings is 1. The molecule has 1 aromatic heterocycles. The van der Waals surface area contributed by atoms with Crippen molar-refractivity contribution in [3.63, 3.8) is 0 Å². The van der Waals surface area contributed by atoms with Gasteiger partial charge in [0.2, 0.25) is 5.91 Å². The molecule has 0 aliphatic carbocycles. The zero-order chi connectivity index (χ0) is 17.0. The van der Waals surface area contributed by atoms with Gasteiger partial charge in [-0.05, 0) is 22.6 Å². The highest BCUT2D eigenvalue weighted by molar-refractivity contribution is 5.91. The Morgan fingerprint density at radius 2 is 1.91 bits per heavy atom. The summed E-state index contributed by atoms with van der Waals surface area (Å²) in [7, 11) is 3.66. The van der Waals surface area contributed by atoms with E-state index in [-0.39, 0.29) is 11.3 Å². The molecule has 0 radical (unpaired) electrons. The van der Waals surface area contributed by atoms with Gasteiger partial charge >= 0.3 is 0 Å². The monoisotopic (exact) mass is 311 g/mol. The zero-order valence-electron chi connectivity index (χ0n) is 14.6. The van der Waals surface area contributed by atoms with Crippen LogP contribution < -0.4 is 0 Å². The van der Waals surface area contributed by atoms with Crippen LogP contribution in [0.4, 0.5) is 0 Å². The number of nitrogens with zero attached hydrogens (tertiary/aromatic N) is 3. The summed E-state index contributed by atoms with van der Waals surface area (Å²) in [5.41, 5.74) is 3.48. The Morgan fingerprint density at radius 3 is 2.43 bits per heavy atom. The summed E-state index contributed by atoms with van der Waals surface area (Å²) in [6.07, 6.45) is 7.16. The molecular formula is C19H25N3O. The standard InChI is InChI=1S/C19H25N3O/c1-19(2,3)17-9-6-15(7-10-17)8-11-18(23)21(4)13-16-12-20-22(5)14-16/h6-12,14H,13H2,1-5H3/b11-8+. The van der Waals surface area contributed by atoms with E-state index in [1.54, 1.807) is 28.9 Å². The van der Waals surface area contributed by atoms with Crippen molar-refractivity contribution < 1.29 is 4.79 Å². The molecule has 0 spiro atoms. The van der Waals surface area contributed by atoms with Gasteiger partial charge in [-0.2, -0.15) is 5.10 Å². The largest absolute Gasteiger partial charge is 0.338 e. The van der Waals surface area contributed by atoms with Gasteiger partial charge in [0.05, 0.1) is 6.20 Å². The van der Waals surface area contributed by atoms with Crippen LogP contribution in [0.3, 0.4) is 0 Å². The van der Waals surface area contributed by atoms with Gasteiger partial charge in [0.25, 0.3) is 0 Å². The first-order valence-corrected chi connectivity index (χ1v) is 7.77. The molecule has 1 amide bonds. The summed E-state index contributed by atoms with van der Waals surface area (Å²) in [6, 6.07) is 8.32. The van der Waals surface area contributed by atoms with Crippen molar-refractivity contribution in [1.82, 2.24) is 14.7 Å². The minimum atomic E-state index is -0.0197. The van der Waals surface area contributed by atoms with E-state index in [2.05, 4.69) is 38.0 Å². The summed E-state index contributed by atoms with van der Waals surface area (Å²) < 4.78 is 1.74. The number of likely N-dealkylation sites (N-methyl/N-ethyl adjacent to an activating group) is 1. The van der Waals surface area contributed by atoms with Gasteiger partial charge in [0.1, 0.15) is 0 Å². The van der Waals surface area contributed by atoms with Crippen LogP contribution in [0, 0.1) is 0 Å². The summed E-state index contributed by atoms with van der Waals surface area (Å²) >= 11 is 0. The molecule has 0 atom stereocenters. The quantitative estimate of drug-likeness (QED) is 0.812. The lowest BCUT2D eigenvalue weighted by atomic mass is 9.87. The van der Waals surface area contributed by atoms with Crippen molar-refractivity contribution in [2.45, 2.75) is 32.7 Å². The average Bonchev–Trinajstić information content (AvgIpc) is 2.89. The maximum absolute atomic E-state index is 12.2. The first kappa shape index (κ1) is 17.0. The van der Waals surface area contributed by atoms with E-state index in [1.165, 1.54) is 5.56 Å². The average molecular weight is 311 g/mol. The third-order valence-electron chi connectivity index (χ3n) is 3.75. The Bertz CT molecular complexity index is 690. The summed E-state index contributed by atoms with van der Waals surface area (Å²) in [4.78, 5) is 13.8. The molecule has 2 aromatic rings. The maximum atomic E-state index is 12.2. The highest BCUT2D eigenvalue weighted by atomic mass is 16.2. The van der Waals surface area contributed by atoms with Crippen molar-refractivity contribution in [3.05, 3.63) is 59.4 Å². The van der Waals surface area contributed by atoms with Gasteiger partial charge in [0.15, 0.2) is 0 Å². The van der Waals surface area contributed by atoms with E-state index >= 15 is 0 Å². The zero-order valence-corrected chi connectivity index (χ0v) is 14.6. The van der Waals surface area contributed by atoms with Gasteiger partial charge in [-0.25, -0.2) is 0 Å². The fraction of sp³-hybridized carbons (Fsp3) is 0.368. The van der Waals surface area contributed by atoms with Crippen LogP contribution in [0.15, 0.2) is 42.7 Å². The predicted octanol–water partition coefficient (Wildman–Crippen LogP) is 3.39. The normalized spacial score (nSPS) is 11.9. The lowest BCUT2D eigenvalue weighted by Crippen LogP contribution is -2.23. The Morgan fingerprint density at radius 1 is 1.26 bits per heavy atom. The summed E-state index contributed by atoms with van der Waals surface area (Å²) in [6.45, 7) is 7.12. The molecule has 1 heterocycles. The van der Waals surface area contributed by atoms with Crippen LogP contribution in [-0.2, 0) is 23.8 Å². The van der Waals surface area contributed by atoms with Crippen LogP contribution in [0.2, 0.25) is 0 Å². The van der Waals surface area contributed by atoms with Gasteiger partial charge in [0, 0.05) is 38.5 Å². The number of amides is 1. The first-order valence-electron chi connectivity index (χ1n) is 7.77. The molecule has 0 saturated heterocycles. The molecule has 4 heteroatoms. The number of aromatic nitrogens is 2. The molecule has 0 fully saturated rings. The number of aryl methyl sites for hydroxylation is 1. The second-order valence-corrected chi connectivity index (χ2v) is 6.92. The van der Waals surface area contributed by atoms with Crippen LogP contribution in [-0.4, -0.2) is 27.6 Å². The minimum Gasteiger partial charge on any atom is -0.338 e. The molecule has 4 nitrogen and oxygen atoms in total. The number of hydrogen-bond donors (Lipinski definition) is 0. The van der Waals surface area contributed by atoms with Crippen LogP contribution >= 0.6 is 0 Å². The third-order valence-corrected chi connectivity index (χ3v) is 3.75. The number of hydrogen-bond acceptors (Lipinski definition) is 2. The first-order chi connectivity index (χ1) is 10.8. The molecule has 0 N–H and O–H groups in total. The van der Waals surface area contributed by atoms with Gasteiger partial charge in [-0.1, -0.05) is 45.0 Å². The molecule has 1 aromatic carbocycles. The molecule has 0 unspecified atom stereocenters. The van der Waals surface area contributed by atoms with E-state index in [0.29, 0.717) is 6.54 Å². The molecule has 0 bridgehead atoms. The lowest BCUT2D eigenvalue weighted by molar-refractivity contribution is -0.125. The lowest BCUT2D eigenvalue weighted by Gasteiger charge is -2.18. The van der Waals surface area contributed by atoms with E-state index in [9.17, 15) is 4.79 Å². The maximum Gasteiger partial charge on any atom is 0.246 e. The number of carbonyl (C=O) groups excluding carboxylic acids is 1. The van der Waals surface area contributed by atoms with Crippen molar-refractivity contribution in [1.29, 1.82) is 0 Å². The Labute approximate surface area is 138 Å². The second-order valence-electron chi connectivity index (χ2n) is 6.92. The predicted molar refractivity (Wildman–Crippen MR) is 93.9 cm³/mol. The van der Waals surface area contributed by atoms with Crippen molar-refractivity contribution in [3.8, 4) is 0 Å². The molecule has 2 rings (SSSR count). The smallest absolute Gasteiger partial charge is 0.246 e. The number of carbonyl (C=O) groups is 1. The molecule has 122 valence electrons. The fourth-order valence-corrected chi connectivity index (χ4v) is 2.29.